The van der Waals surface area contributed by atoms with Gasteiger partial charge in [-0.3, -0.25) is 14.6 Å². The molecule has 2 aromatic heterocycles. The van der Waals surface area contributed by atoms with E-state index in [2.05, 4.69) is 20.8 Å². The first-order chi connectivity index (χ1) is 14.2. The second-order valence-electron chi connectivity index (χ2n) is 7.19. The lowest BCUT2D eigenvalue weighted by atomic mass is 9.85. The Kier molecular flexibility index (Phi) is 5.65. The minimum absolute atomic E-state index is 0.000499. The number of hydrogen-bond acceptors (Lipinski definition) is 5. The third-order valence-electron chi connectivity index (χ3n) is 5.20. The third kappa shape index (κ3) is 4.68. The zero-order valence-electron chi connectivity index (χ0n) is 15.9. The molecule has 0 bridgehead atoms. The number of pyridine rings is 1. The standard InChI is InChI=1S/C22H22N4O3/c27-21(25-18-10-11-19(23-14-18)15-4-2-1-3-5-15)16-6-8-17(9-7-16)24-22(28)20-12-13-29-26-20/h1-5,10-14,16-17H,6-9H2,(H,24,28)(H,25,27)/t16-,17+. The first kappa shape index (κ1) is 18.9. The van der Waals surface area contributed by atoms with Crippen molar-refractivity contribution in [2.24, 2.45) is 5.92 Å². The molecule has 7 heteroatoms. The largest absolute Gasteiger partial charge is 0.364 e. The third-order valence-corrected chi connectivity index (χ3v) is 5.20. The highest BCUT2D eigenvalue weighted by atomic mass is 16.5. The molecule has 1 aliphatic carbocycles. The second-order valence-corrected chi connectivity index (χ2v) is 7.19. The molecule has 1 aromatic carbocycles. The molecule has 3 aromatic rings. The number of carbonyl (C=O) groups is 2. The Morgan fingerprint density at radius 3 is 2.41 bits per heavy atom. The molecule has 1 saturated carbocycles. The fourth-order valence-electron chi connectivity index (χ4n) is 3.58. The molecule has 148 valence electrons. The summed E-state index contributed by atoms with van der Waals surface area (Å²) in [5.74, 6) is -0.305. The summed E-state index contributed by atoms with van der Waals surface area (Å²) < 4.78 is 4.69. The van der Waals surface area contributed by atoms with Gasteiger partial charge in [0.25, 0.3) is 5.91 Å². The van der Waals surface area contributed by atoms with Crippen LogP contribution in [0.25, 0.3) is 11.3 Å². The molecule has 0 radical (unpaired) electrons. The van der Waals surface area contributed by atoms with Gasteiger partial charge in [-0.25, -0.2) is 0 Å². The van der Waals surface area contributed by atoms with E-state index in [0.717, 1.165) is 36.9 Å². The van der Waals surface area contributed by atoms with Gasteiger partial charge < -0.3 is 15.2 Å². The Morgan fingerprint density at radius 2 is 1.76 bits per heavy atom. The highest BCUT2D eigenvalue weighted by Gasteiger charge is 2.27. The predicted molar refractivity (Wildman–Crippen MR) is 108 cm³/mol. The smallest absolute Gasteiger partial charge is 0.273 e. The number of benzene rings is 1. The van der Waals surface area contributed by atoms with E-state index in [4.69, 9.17) is 4.52 Å². The summed E-state index contributed by atoms with van der Waals surface area (Å²) in [5, 5.41) is 9.55. The highest BCUT2D eigenvalue weighted by molar-refractivity contribution is 5.93. The van der Waals surface area contributed by atoms with Crippen molar-refractivity contribution < 1.29 is 14.1 Å². The molecule has 2 N–H and O–H groups in total. The van der Waals surface area contributed by atoms with Gasteiger partial charge in [-0.2, -0.15) is 0 Å². The number of aromatic nitrogens is 2. The van der Waals surface area contributed by atoms with Crippen molar-refractivity contribution in [1.29, 1.82) is 0 Å². The summed E-state index contributed by atoms with van der Waals surface area (Å²) in [4.78, 5) is 29.1. The fraction of sp³-hybridized carbons (Fsp3) is 0.273. The Bertz CT molecular complexity index is 947. The summed E-state index contributed by atoms with van der Waals surface area (Å²) in [5.41, 5.74) is 2.87. The summed E-state index contributed by atoms with van der Waals surface area (Å²) in [6.45, 7) is 0. The van der Waals surface area contributed by atoms with Crippen LogP contribution in [-0.2, 0) is 4.79 Å². The van der Waals surface area contributed by atoms with Crippen LogP contribution in [0.5, 0.6) is 0 Å². The molecule has 2 heterocycles. The van der Waals surface area contributed by atoms with Gasteiger partial charge in [0.2, 0.25) is 5.91 Å². The SMILES string of the molecule is O=C(N[C@H]1CC[C@@H](C(=O)Nc2ccc(-c3ccccc3)nc2)CC1)c1ccon1. The number of nitrogens with one attached hydrogen (secondary N) is 2. The fourth-order valence-corrected chi connectivity index (χ4v) is 3.58. The van der Waals surface area contributed by atoms with Crippen LogP contribution in [0.3, 0.4) is 0 Å². The van der Waals surface area contributed by atoms with Gasteiger partial charge >= 0.3 is 0 Å². The minimum Gasteiger partial charge on any atom is -0.364 e. The van der Waals surface area contributed by atoms with Gasteiger partial charge in [0.05, 0.1) is 17.6 Å². The van der Waals surface area contributed by atoms with Crippen LogP contribution in [0.4, 0.5) is 5.69 Å². The topological polar surface area (TPSA) is 97.1 Å². The van der Waals surface area contributed by atoms with Crippen LogP contribution >= 0.6 is 0 Å². The van der Waals surface area contributed by atoms with Crippen molar-refractivity contribution in [3.63, 3.8) is 0 Å². The number of carbonyl (C=O) groups excluding carboxylic acids is 2. The first-order valence-corrected chi connectivity index (χ1v) is 9.72. The van der Waals surface area contributed by atoms with Gasteiger partial charge in [0.15, 0.2) is 5.69 Å². The van der Waals surface area contributed by atoms with Gasteiger partial charge in [-0.1, -0.05) is 35.5 Å². The van der Waals surface area contributed by atoms with E-state index in [-0.39, 0.29) is 29.5 Å². The normalized spacial score (nSPS) is 18.8. The summed E-state index contributed by atoms with van der Waals surface area (Å²) in [6.07, 6.45) is 6.03. The van der Waals surface area contributed by atoms with Crippen molar-refractivity contribution in [3.8, 4) is 11.3 Å². The predicted octanol–water partition coefficient (Wildman–Crippen LogP) is 3.66. The molecular weight excluding hydrogens is 368 g/mol. The molecule has 0 unspecified atom stereocenters. The van der Waals surface area contributed by atoms with Gasteiger partial charge in [0.1, 0.15) is 6.26 Å². The molecule has 29 heavy (non-hydrogen) atoms. The molecule has 0 saturated heterocycles. The van der Waals surface area contributed by atoms with E-state index in [1.807, 2.05) is 42.5 Å². The lowest BCUT2D eigenvalue weighted by Gasteiger charge is -2.28. The first-order valence-electron chi connectivity index (χ1n) is 9.72. The van der Waals surface area contributed by atoms with Crippen molar-refractivity contribution in [1.82, 2.24) is 15.5 Å². The molecular formula is C22H22N4O3. The van der Waals surface area contributed by atoms with E-state index in [1.165, 1.54) is 12.3 Å². The Morgan fingerprint density at radius 1 is 0.966 bits per heavy atom. The van der Waals surface area contributed by atoms with Crippen LogP contribution in [0, 0.1) is 5.92 Å². The molecule has 4 rings (SSSR count). The molecule has 7 nitrogen and oxygen atoms in total. The minimum atomic E-state index is -0.240. The van der Waals surface area contributed by atoms with Gasteiger partial charge in [-0.05, 0) is 37.8 Å². The Labute approximate surface area is 168 Å². The number of amides is 2. The van der Waals surface area contributed by atoms with Crippen molar-refractivity contribution >= 4 is 17.5 Å². The maximum Gasteiger partial charge on any atom is 0.273 e. The second kappa shape index (κ2) is 8.68. The molecule has 1 aliphatic rings. The van der Waals surface area contributed by atoms with Crippen LogP contribution in [0.15, 0.2) is 65.5 Å². The van der Waals surface area contributed by atoms with E-state index in [1.54, 1.807) is 6.20 Å². The number of hydrogen-bond donors (Lipinski definition) is 2. The van der Waals surface area contributed by atoms with E-state index >= 15 is 0 Å². The van der Waals surface area contributed by atoms with Crippen molar-refractivity contribution in [3.05, 3.63) is 66.7 Å². The highest BCUT2D eigenvalue weighted by Crippen LogP contribution is 2.26. The molecule has 1 fully saturated rings. The molecule has 0 aliphatic heterocycles. The van der Waals surface area contributed by atoms with Gasteiger partial charge in [-0.15, -0.1) is 0 Å². The summed E-state index contributed by atoms with van der Waals surface area (Å²) >= 11 is 0. The lowest BCUT2D eigenvalue weighted by molar-refractivity contribution is -0.120. The van der Waals surface area contributed by atoms with E-state index < -0.39 is 0 Å². The van der Waals surface area contributed by atoms with E-state index in [0.29, 0.717) is 5.69 Å². The van der Waals surface area contributed by atoms with Crippen LogP contribution in [0.1, 0.15) is 36.2 Å². The van der Waals surface area contributed by atoms with Gasteiger partial charge in [0, 0.05) is 23.6 Å². The maximum atomic E-state index is 12.6. The average Bonchev–Trinajstić information content (AvgIpc) is 3.31. The summed E-state index contributed by atoms with van der Waals surface area (Å²) in [7, 11) is 0. The monoisotopic (exact) mass is 390 g/mol. The Balaban J connectivity index is 1.27. The zero-order chi connectivity index (χ0) is 20.1. The lowest BCUT2D eigenvalue weighted by Crippen LogP contribution is -2.39. The zero-order valence-corrected chi connectivity index (χ0v) is 15.9. The van der Waals surface area contributed by atoms with Crippen LogP contribution < -0.4 is 10.6 Å². The molecule has 0 spiro atoms. The summed E-state index contributed by atoms with van der Waals surface area (Å²) in [6, 6.07) is 15.3. The van der Waals surface area contributed by atoms with Crippen LogP contribution in [0.2, 0.25) is 0 Å². The number of anilines is 1. The van der Waals surface area contributed by atoms with Crippen molar-refractivity contribution in [2.45, 2.75) is 31.7 Å². The Hall–Kier alpha value is -3.48. The maximum absolute atomic E-state index is 12.6. The molecule has 0 atom stereocenters. The van der Waals surface area contributed by atoms with Crippen LogP contribution in [-0.4, -0.2) is 28.0 Å². The van der Waals surface area contributed by atoms with E-state index in [9.17, 15) is 9.59 Å². The number of rotatable bonds is 5. The average molecular weight is 390 g/mol. The molecule has 2 amide bonds. The number of nitrogens with zero attached hydrogens (tertiary/aromatic N) is 2. The van der Waals surface area contributed by atoms with Crippen molar-refractivity contribution in [2.75, 3.05) is 5.32 Å². The quantitative estimate of drug-likeness (QED) is 0.693.